The van der Waals surface area contributed by atoms with Crippen LogP contribution in [-0.2, 0) is 14.3 Å². The van der Waals surface area contributed by atoms with Gasteiger partial charge in [0, 0.05) is 26.0 Å². The van der Waals surface area contributed by atoms with Crippen molar-refractivity contribution >= 4 is 12.0 Å². The highest BCUT2D eigenvalue weighted by Gasteiger charge is 2.01. The normalized spacial score (nSPS) is 8.81. The molecule has 7 heteroatoms. The summed E-state index contributed by atoms with van der Waals surface area (Å²) in [5, 5.41) is 12.6. The fourth-order valence-electron chi connectivity index (χ4n) is 2.94. The van der Waals surface area contributed by atoms with Gasteiger partial charge in [-0.2, -0.15) is 0 Å². The van der Waals surface area contributed by atoms with Crippen LogP contribution in [0, 0.1) is 0 Å². The Hall–Kier alpha value is -2.12. The molecule has 0 unspecified atom stereocenters. The van der Waals surface area contributed by atoms with E-state index in [1.165, 1.54) is 51.4 Å². The van der Waals surface area contributed by atoms with Crippen LogP contribution in [0.5, 0.6) is 0 Å². The first-order valence-electron chi connectivity index (χ1n) is 17.2. The summed E-state index contributed by atoms with van der Waals surface area (Å²) in [4.78, 5) is 22.8. The summed E-state index contributed by atoms with van der Waals surface area (Å²) in [6.45, 7) is 31.1. The number of carbonyl (C=O) groups is 2. The average Bonchev–Trinajstić information content (AvgIpc) is 3.06. The molecule has 0 atom stereocenters. The number of hydrogen-bond donors (Lipinski definition) is 3. The third-order valence-electron chi connectivity index (χ3n) is 4.55. The number of hydrogen-bond acceptors (Lipinski definition) is 5. The van der Waals surface area contributed by atoms with Crippen LogP contribution in [0.1, 0.15) is 153 Å². The molecule has 0 aromatic carbocycles. The second-order valence-electron chi connectivity index (χ2n) is 7.90. The number of aliphatic hydroxyl groups excluding tert-OH is 1. The maximum atomic E-state index is 11.7. The van der Waals surface area contributed by atoms with Crippen molar-refractivity contribution in [1.29, 1.82) is 0 Å². The Morgan fingerprint density at radius 3 is 1.47 bits per heavy atom. The molecule has 0 aliphatic heterocycles. The molecule has 0 aliphatic rings. The molecular formula is C36H78N2O5. The molecular weight excluding hydrogens is 540 g/mol. The number of nitrogens with one attached hydrogen (secondary N) is 2. The van der Waals surface area contributed by atoms with Crippen LogP contribution in [0.3, 0.4) is 0 Å². The summed E-state index contributed by atoms with van der Waals surface area (Å²) in [5.41, 5.74) is 0.643. The van der Waals surface area contributed by atoms with Crippen LogP contribution in [-0.4, -0.2) is 50.6 Å². The lowest BCUT2D eigenvalue weighted by Gasteiger charge is -2.08. The molecule has 0 saturated heterocycles. The second-order valence-corrected chi connectivity index (χ2v) is 7.90. The SMILES string of the molecule is C=C/C=C(\C=C)NC(=O)NCCCCCCCCCCCCCOCC(=O)OCC.CC.CC.CC.CC.CCC.CO. The van der Waals surface area contributed by atoms with Gasteiger partial charge in [0.1, 0.15) is 6.61 Å². The van der Waals surface area contributed by atoms with Gasteiger partial charge in [0.2, 0.25) is 0 Å². The van der Waals surface area contributed by atoms with Crippen LogP contribution in [0.15, 0.2) is 37.1 Å². The van der Waals surface area contributed by atoms with E-state index in [0.29, 0.717) is 25.5 Å². The van der Waals surface area contributed by atoms with Crippen molar-refractivity contribution in [1.82, 2.24) is 10.6 Å². The number of allylic oxidation sites excluding steroid dienone is 3. The van der Waals surface area contributed by atoms with E-state index in [4.69, 9.17) is 14.6 Å². The maximum Gasteiger partial charge on any atom is 0.332 e. The lowest BCUT2D eigenvalue weighted by molar-refractivity contribution is -0.148. The van der Waals surface area contributed by atoms with Gasteiger partial charge in [0.25, 0.3) is 0 Å². The number of amides is 2. The molecule has 43 heavy (non-hydrogen) atoms. The topological polar surface area (TPSA) is 96.9 Å². The minimum Gasteiger partial charge on any atom is -0.464 e. The van der Waals surface area contributed by atoms with Gasteiger partial charge in [-0.3, -0.25) is 0 Å². The first-order chi connectivity index (χ1) is 21.0. The van der Waals surface area contributed by atoms with Gasteiger partial charge in [-0.1, -0.05) is 153 Å². The van der Waals surface area contributed by atoms with E-state index in [-0.39, 0.29) is 18.6 Å². The second kappa shape index (κ2) is 67.5. The predicted octanol–water partition coefficient (Wildman–Crippen LogP) is 10.5. The van der Waals surface area contributed by atoms with E-state index in [1.54, 1.807) is 25.2 Å². The van der Waals surface area contributed by atoms with E-state index in [2.05, 4.69) is 37.6 Å². The molecule has 0 heterocycles. The predicted molar refractivity (Wildman–Crippen MR) is 193 cm³/mol. The third kappa shape index (κ3) is 68.6. The van der Waals surface area contributed by atoms with Gasteiger partial charge in [-0.05, 0) is 31.9 Å². The molecule has 0 radical (unpaired) electrons. The smallest absolute Gasteiger partial charge is 0.332 e. The summed E-state index contributed by atoms with van der Waals surface area (Å²) in [6, 6.07) is -0.200. The van der Waals surface area contributed by atoms with E-state index in [9.17, 15) is 9.59 Å². The van der Waals surface area contributed by atoms with E-state index < -0.39 is 0 Å². The minimum absolute atomic E-state index is 0.0699. The number of ether oxygens (including phenoxy) is 2. The maximum absolute atomic E-state index is 11.7. The number of unbranched alkanes of at least 4 members (excludes halogenated alkanes) is 10. The molecule has 0 spiro atoms. The van der Waals surface area contributed by atoms with Crippen LogP contribution in [0.4, 0.5) is 4.79 Å². The lowest BCUT2D eigenvalue weighted by Crippen LogP contribution is -2.35. The molecule has 0 rings (SSSR count). The first-order valence-corrected chi connectivity index (χ1v) is 17.2. The molecule has 0 fully saturated rings. The molecule has 2 amide bonds. The minimum atomic E-state index is -0.280. The number of aliphatic hydroxyl groups is 1. The molecule has 0 aromatic heterocycles. The summed E-state index contributed by atoms with van der Waals surface area (Å²) in [5.74, 6) is -0.280. The van der Waals surface area contributed by atoms with E-state index in [1.807, 2.05) is 55.4 Å². The Balaban J connectivity index is -0.000000173. The summed E-state index contributed by atoms with van der Waals surface area (Å²) < 4.78 is 10.1. The third-order valence-corrected chi connectivity index (χ3v) is 4.55. The van der Waals surface area contributed by atoms with Crippen LogP contribution < -0.4 is 10.6 Å². The summed E-state index contributed by atoms with van der Waals surface area (Å²) in [7, 11) is 1.00. The Morgan fingerprint density at radius 1 is 0.698 bits per heavy atom. The molecule has 7 nitrogen and oxygen atoms in total. The Kier molecular flexibility index (Phi) is 88.9. The van der Waals surface area contributed by atoms with Crippen molar-refractivity contribution in [2.24, 2.45) is 0 Å². The molecule has 262 valence electrons. The zero-order valence-corrected chi connectivity index (χ0v) is 31.0. The monoisotopic (exact) mass is 619 g/mol. The zero-order valence-electron chi connectivity index (χ0n) is 31.0. The van der Waals surface area contributed by atoms with E-state index in [0.717, 1.165) is 32.8 Å². The van der Waals surface area contributed by atoms with Crippen LogP contribution in [0.2, 0.25) is 0 Å². The standard InChI is InChI=1S/C24H42N2O4.C3H8.4C2H6.CH4O/c1-4-18-22(5-2)26-24(28)25-19-16-14-12-10-8-7-9-11-13-15-17-20-29-21-23(27)30-6-3;1-3-2;5*1-2/h4-5,18H,1-2,6-17,19-21H2,3H3,(H2,25,26,28);3H2,1-2H3;4*1-2H3;2H,1H3/b22-18+;;;;;;. The van der Waals surface area contributed by atoms with Crippen LogP contribution in [0.25, 0.3) is 0 Å². The van der Waals surface area contributed by atoms with Crippen molar-refractivity contribution in [2.75, 3.05) is 33.5 Å². The first kappa shape index (κ1) is 56.6. The number of rotatable bonds is 20. The van der Waals surface area contributed by atoms with Gasteiger partial charge in [-0.15, -0.1) is 0 Å². The quantitative estimate of drug-likeness (QED) is 0.0716. The molecule has 3 N–H and O–H groups in total. The Morgan fingerprint density at radius 2 is 1.09 bits per heavy atom. The van der Waals surface area contributed by atoms with Crippen molar-refractivity contribution in [2.45, 2.75) is 153 Å². The fourth-order valence-corrected chi connectivity index (χ4v) is 2.94. The summed E-state index contributed by atoms with van der Waals surface area (Å²) in [6.07, 6.45) is 19.3. The van der Waals surface area contributed by atoms with Crippen LogP contribution >= 0.6 is 0 Å². The highest BCUT2D eigenvalue weighted by Crippen LogP contribution is 2.11. The molecule has 0 bridgehead atoms. The Labute approximate surface area is 270 Å². The van der Waals surface area contributed by atoms with Gasteiger partial charge in [0.15, 0.2) is 0 Å². The molecule has 0 aromatic rings. The van der Waals surface area contributed by atoms with Gasteiger partial charge >= 0.3 is 12.0 Å². The average molecular weight is 619 g/mol. The van der Waals surface area contributed by atoms with Crippen molar-refractivity contribution < 1.29 is 24.2 Å². The van der Waals surface area contributed by atoms with Gasteiger partial charge in [0.05, 0.1) is 6.61 Å². The number of urea groups is 1. The lowest BCUT2D eigenvalue weighted by atomic mass is 10.1. The van der Waals surface area contributed by atoms with Gasteiger partial charge in [-0.25, -0.2) is 9.59 Å². The molecule has 0 saturated carbocycles. The highest BCUT2D eigenvalue weighted by molar-refractivity contribution is 5.76. The number of esters is 1. The summed E-state index contributed by atoms with van der Waals surface area (Å²) >= 11 is 0. The van der Waals surface area contributed by atoms with Gasteiger partial charge < -0.3 is 25.2 Å². The zero-order chi connectivity index (χ0) is 35.0. The number of carbonyl (C=O) groups excluding carboxylic acids is 2. The van der Waals surface area contributed by atoms with E-state index >= 15 is 0 Å². The highest BCUT2D eigenvalue weighted by atomic mass is 16.6. The Bertz CT molecular complexity index is 524. The fraction of sp³-hybridized carbons (Fsp3) is 0.778. The van der Waals surface area contributed by atoms with Crippen molar-refractivity contribution in [3.8, 4) is 0 Å². The van der Waals surface area contributed by atoms with Crippen molar-refractivity contribution in [3.05, 3.63) is 37.1 Å². The molecule has 0 aliphatic carbocycles. The largest absolute Gasteiger partial charge is 0.464 e. The van der Waals surface area contributed by atoms with Crippen molar-refractivity contribution in [3.63, 3.8) is 0 Å².